The first-order valence-corrected chi connectivity index (χ1v) is 14.9. The number of hydroxylamine groups is 2. The number of allylic oxidation sites excluding steroid dienone is 4. The van der Waals surface area contributed by atoms with Crippen LogP contribution in [0.1, 0.15) is 35.4 Å². The molecule has 3 aliphatic carbocycles. The Hall–Kier alpha value is -4.66. The van der Waals surface area contributed by atoms with Crippen molar-refractivity contribution in [2.45, 2.75) is 24.2 Å². The summed E-state index contributed by atoms with van der Waals surface area (Å²) in [6, 6.07) is 25.7. The molecule has 2 N–H and O–H groups in total. The summed E-state index contributed by atoms with van der Waals surface area (Å²) in [6.07, 6.45) is 3.86. The van der Waals surface area contributed by atoms with Crippen LogP contribution in [0.3, 0.4) is 0 Å². The molecule has 44 heavy (non-hydrogen) atoms. The lowest BCUT2D eigenvalue weighted by Crippen LogP contribution is -2.58. The smallest absolute Gasteiger partial charge is 0.257 e. The normalized spacial score (nSPS) is 29.4. The highest BCUT2D eigenvalue weighted by Crippen LogP contribution is 2.63. The number of imide groups is 1. The second kappa shape index (κ2) is 10.8. The molecule has 3 aromatic rings. The average molecular weight is 590 g/mol. The molecule has 6 atom stereocenters. The van der Waals surface area contributed by atoms with Crippen molar-refractivity contribution in [2.24, 2.45) is 23.7 Å². The van der Waals surface area contributed by atoms with Crippen LogP contribution in [0.5, 0.6) is 5.75 Å². The van der Waals surface area contributed by atoms with Crippen LogP contribution in [0, 0.1) is 23.7 Å². The van der Waals surface area contributed by atoms with Crippen molar-refractivity contribution in [1.29, 1.82) is 0 Å². The van der Waals surface area contributed by atoms with Gasteiger partial charge >= 0.3 is 0 Å². The van der Waals surface area contributed by atoms with Crippen LogP contribution in [0.15, 0.2) is 103 Å². The third-order valence-electron chi connectivity index (χ3n) is 9.93. The molecule has 0 aromatic heterocycles. The molecule has 4 aliphatic rings. The van der Waals surface area contributed by atoms with Gasteiger partial charge in [-0.05, 0) is 53.7 Å². The van der Waals surface area contributed by atoms with Gasteiger partial charge in [-0.3, -0.25) is 24.4 Å². The van der Waals surface area contributed by atoms with Gasteiger partial charge in [-0.25, -0.2) is 0 Å². The molecule has 7 rings (SSSR count). The van der Waals surface area contributed by atoms with E-state index in [1.54, 1.807) is 12.1 Å². The minimum Gasteiger partial charge on any atom is -0.491 e. The Kier molecular flexibility index (Phi) is 6.91. The second-order valence-electron chi connectivity index (χ2n) is 11.9. The number of carbonyl (C=O) groups is 4. The standard InChI is InChI=1S/C36H31NO7/c38-17-18-44-24-13-11-22(12-14-24)32-25-15-16-26-31(35(42)37(43)34(26)41)28(25)19-29-33(40)27(21-7-3-1-4-8-21)20-30(39)36(29,32)23-9-5-2-6-10-23/h1-15,20,26,28-29,31-32,38,43H,16-19H2. The molecule has 0 spiro atoms. The van der Waals surface area contributed by atoms with E-state index < -0.39 is 46.8 Å². The first-order chi connectivity index (χ1) is 21.4. The first-order valence-electron chi connectivity index (χ1n) is 14.9. The Bertz CT molecular complexity index is 1710. The van der Waals surface area contributed by atoms with E-state index in [1.807, 2.05) is 78.9 Å². The molecule has 1 saturated heterocycles. The molecule has 8 heteroatoms. The van der Waals surface area contributed by atoms with Crippen molar-refractivity contribution < 1.29 is 34.2 Å². The van der Waals surface area contributed by atoms with Crippen LogP contribution >= 0.6 is 0 Å². The predicted molar refractivity (Wildman–Crippen MR) is 159 cm³/mol. The van der Waals surface area contributed by atoms with Crippen LogP contribution < -0.4 is 4.74 Å². The molecule has 2 amide bonds. The monoisotopic (exact) mass is 589 g/mol. The number of rotatable bonds is 6. The number of amides is 2. The van der Waals surface area contributed by atoms with Crippen molar-refractivity contribution >= 4 is 29.0 Å². The highest BCUT2D eigenvalue weighted by Gasteiger charge is 2.65. The third kappa shape index (κ3) is 4.05. The number of aliphatic hydroxyl groups is 1. The number of benzene rings is 3. The number of aliphatic hydroxyl groups excluding tert-OH is 1. The number of fused-ring (bicyclic) bond motifs is 4. The highest BCUT2D eigenvalue weighted by atomic mass is 16.5. The third-order valence-corrected chi connectivity index (χ3v) is 9.93. The molecule has 3 aromatic carbocycles. The van der Waals surface area contributed by atoms with Crippen LogP contribution in [-0.4, -0.2) is 52.0 Å². The number of ketones is 2. The Balaban J connectivity index is 1.48. The maximum atomic E-state index is 14.9. The molecule has 6 unspecified atom stereocenters. The molecule has 2 fully saturated rings. The fourth-order valence-electron chi connectivity index (χ4n) is 8.15. The summed E-state index contributed by atoms with van der Waals surface area (Å²) in [5, 5.41) is 19.8. The number of nitrogens with zero attached hydrogens (tertiary/aromatic N) is 1. The molecule has 1 heterocycles. The Morgan fingerprint density at radius 3 is 2.20 bits per heavy atom. The molecule has 8 nitrogen and oxygen atoms in total. The van der Waals surface area contributed by atoms with Gasteiger partial charge < -0.3 is 9.84 Å². The SMILES string of the molecule is O=C1C(c2ccccc2)=CC(=O)C2(c3ccccc3)C1CC1C(=CCC3C(=O)N(O)C(=O)C31)C2c1ccc(OCCO)cc1. The minimum atomic E-state index is -1.32. The highest BCUT2D eigenvalue weighted by molar-refractivity contribution is 6.31. The van der Waals surface area contributed by atoms with Gasteiger partial charge in [0.15, 0.2) is 11.6 Å². The summed E-state index contributed by atoms with van der Waals surface area (Å²) < 4.78 is 5.61. The lowest BCUT2D eigenvalue weighted by molar-refractivity contribution is -0.173. The molecule has 222 valence electrons. The van der Waals surface area contributed by atoms with E-state index >= 15 is 0 Å². The van der Waals surface area contributed by atoms with E-state index in [-0.39, 0.29) is 42.7 Å². The Morgan fingerprint density at radius 2 is 1.52 bits per heavy atom. The van der Waals surface area contributed by atoms with Gasteiger partial charge in [-0.15, -0.1) is 0 Å². The first kappa shape index (κ1) is 28.1. The zero-order valence-electron chi connectivity index (χ0n) is 23.8. The fraction of sp³-hybridized carbons (Fsp3) is 0.278. The zero-order chi connectivity index (χ0) is 30.6. The summed E-state index contributed by atoms with van der Waals surface area (Å²) in [6.45, 7) is -0.00937. The van der Waals surface area contributed by atoms with Gasteiger partial charge in [-0.2, -0.15) is 5.06 Å². The van der Waals surface area contributed by atoms with Crippen LogP contribution in [0.25, 0.3) is 5.57 Å². The van der Waals surface area contributed by atoms with Crippen LogP contribution in [0.4, 0.5) is 0 Å². The molecule has 1 aliphatic heterocycles. The largest absolute Gasteiger partial charge is 0.491 e. The van der Waals surface area contributed by atoms with Gasteiger partial charge in [0.25, 0.3) is 11.8 Å². The van der Waals surface area contributed by atoms with E-state index in [1.165, 1.54) is 6.08 Å². The quantitative estimate of drug-likeness (QED) is 0.250. The van der Waals surface area contributed by atoms with Gasteiger partial charge in [-0.1, -0.05) is 84.4 Å². The Morgan fingerprint density at radius 1 is 0.841 bits per heavy atom. The lowest BCUT2D eigenvalue weighted by atomic mass is 9.44. The van der Waals surface area contributed by atoms with Gasteiger partial charge in [0.2, 0.25) is 0 Å². The van der Waals surface area contributed by atoms with Crippen LogP contribution in [-0.2, 0) is 24.6 Å². The maximum absolute atomic E-state index is 14.9. The van der Waals surface area contributed by atoms with E-state index in [2.05, 4.69) is 0 Å². The summed E-state index contributed by atoms with van der Waals surface area (Å²) in [5.74, 6) is -4.70. The lowest BCUT2D eigenvalue weighted by Gasteiger charge is -2.55. The number of carbonyl (C=O) groups excluding carboxylic acids is 4. The van der Waals surface area contributed by atoms with Gasteiger partial charge in [0.1, 0.15) is 12.4 Å². The fourth-order valence-corrected chi connectivity index (χ4v) is 8.15. The van der Waals surface area contributed by atoms with Crippen LogP contribution in [0.2, 0.25) is 0 Å². The number of hydrogen-bond acceptors (Lipinski definition) is 7. The van der Waals surface area contributed by atoms with Crippen molar-refractivity contribution in [2.75, 3.05) is 13.2 Å². The minimum absolute atomic E-state index is 0.128. The summed E-state index contributed by atoms with van der Waals surface area (Å²) in [4.78, 5) is 55.8. The van der Waals surface area contributed by atoms with Crippen molar-refractivity contribution in [3.63, 3.8) is 0 Å². The topological polar surface area (TPSA) is 121 Å². The van der Waals surface area contributed by atoms with Gasteiger partial charge in [0, 0.05) is 17.4 Å². The van der Waals surface area contributed by atoms with Crippen molar-refractivity contribution in [1.82, 2.24) is 5.06 Å². The predicted octanol–water partition coefficient (Wildman–Crippen LogP) is 4.27. The number of Topliss-reactive ketones (excluding diaryl/α,β-unsaturated/α-hetero) is 1. The summed E-state index contributed by atoms with van der Waals surface area (Å²) in [7, 11) is 0. The maximum Gasteiger partial charge on any atom is 0.257 e. The molecule has 1 saturated carbocycles. The molecular formula is C36H31NO7. The van der Waals surface area contributed by atoms with E-state index in [0.717, 1.165) is 11.1 Å². The van der Waals surface area contributed by atoms with E-state index in [4.69, 9.17) is 4.74 Å². The average Bonchev–Trinajstić information content (AvgIpc) is 3.29. The van der Waals surface area contributed by atoms with E-state index in [0.29, 0.717) is 22.4 Å². The van der Waals surface area contributed by atoms with Gasteiger partial charge in [0.05, 0.1) is 23.9 Å². The molecule has 0 radical (unpaired) electrons. The number of hydrogen-bond donors (Lipinski definition) is 2. The molecule has 0 bridgehead atoms. The zero-order valence-corrected chi connectivity index (χ0v) is 23.8. The summed E-state index contributed by atoms with van der Waals surface area (Å²) >= 11 is 0. The van der Waals surface area contributed by atoms with Crippen molar-refractivity contribution in [3.05, 3.63) is 119 Å². The Labute approximate surface area is 254 Å². The summed E-state index contributed by atoms with van der Waals surface area (Å²) in [5.41, 5.74) is 1.95. The second-order valence-corrected chi connectivity index (χ2v) is 11.9. The molecular weight excluding hydrogens is 558 g/mol. The van der Waals surface area contributed by atoms with E-state index in [9.17, 15) is 29.5 Å². The number of ether oxygens (including phenoxy) is 1. The van der Waals surface area contributed by atoms with Crippen molar-refractivity contribution in [3.8, 4) is 5.75 Å².